The lowest BCUT2D eigenvalue weighted by molar-refractivity contribution is 0.739. The quantitative estimate of drug-likeness (QED) is 0.777. The highest BCUT2D eigenvalue weighted by molar-refractivity contribution is 7.18. The molecule has 0 fully saturated rings. The third-order valence-corrected chi connectivity index (χ3v) is 4.33. The largest absolute Gasteiger partial charge is 0.383 e. The lowest BCUT2D eigenvalue weighted by Crippen LogP contribution is -2.07. The topological polar surface area (TPSA) is 93.4 Å². The van der Waals surface area contributed by atoms with Crippen molar-refractivity contribution in [1.29, 1.82) is 5.26 Å². The summed E-state index contributed by atoms with van der Waals surface area (Å²) < 4.78 is 1.70. The second-order valence-corrected chi connectivity index (χ2v) is 5.68. The molecular formula is C13H12N6S. The molecule has 3 aromatic rings. The monoisotopic (exact) mass is 284 g/mol. The first-order valence-electron chi connectivity index (χ1n) is 6.03. The summed E-state index contributed by atoms with van der Waals surface area (Å²) in [7, 11) is 0. The molecule has 7 heteroatoms. The second-order valence-electron chi connectivity index (χ2n) is 4.48. The molecule has 3 rings (SSSR count). The third kappa shape index (κ3) is 1.90. The van der Waals surface area contributed by atoms with Crippen LogP contribution in [0.25, 0.3) is 10.2 Å². The number of rotatable bonds is 2. The average Bonchev–Trinajstić information content (AvgIpc) is 2.95. The maximum atomic E-state index is 8.95. The molecule has 0 spiro atoms. The van der Waals surface area contributed by atoms with Crippen LogP contribution < -0.4 is 5.73 Å². The maximum absolute atomic E-state index is 8.95. The molecule has 3 heterocycles. The Labute approximate surface area is 119 Å². The first kappa shape index (κ1) is 12.6. The summed E-state index contributed by atoms with van der Waals surface area (Å²) in [5, 5.41) is 9.89. The molecule has 2 N–H and O–H groups in total. The van der Waals surface area contributed by atoms with Crippen molar-refractivity contribution >= 4 is 27.4 Å². The van der Waals surface area contributed by atoms with Gasteiger partial charge in [0.2, 0.25) is 5.82 Å². The number of aromatic nitrogens is 4. The van der Waals surface area contributed by atoms with Gasteiger partial charge in [-0.05, 0) is 19.4 Å². The van der Waals surface area contributed by atoms with E-state index in [1.54, 1.807) is 28.3 Å². The fourth-order valence-electron chi connectivity index (χ4n) is 2.10. The third-order valence-electron chi connectivity index (χ3n) is 3.23. The van der Waals surface area contributed by atoms with E-state index in [0.717, 1.165) is 15.8 Å². The van der Waals surface area contributed by atoms with Crippen molar-refractivity contribution in [2.45, 2.75) is 20.4 Å². The van der Waals surface area contributed by atoms with Gasteiger partial charge in [0.1, 0.15) is 16.7 Å². The van der Waals surface area contributed by atoms with Gasteiger partial charge in [-0.2, -0.15) is 5.26 Å². The van der Waals surface area contributed by atoms with Crippen LogP contribution in [0.1, 0.15) is 22.1 Å². The van der Waals surface area contributed by atoms with Gasteiger partial charge in [-0.3, -0.25) is 0 Å². The molecule has 0 radical (unpaired) electrons. The van der Waals surface area contributed by atoms with Gasteiger partial charge in [0.15, 0.2) is 5.82 Å². The molecule has 0 aliphatic heterocycles. The fraction of sp³-hybridized carbons (Fsp3) is 0.231. The smallest absolute Gasteiger partial charge is 0.213 e. The molecule has 0 aromatic carbocycles. The van der Waals surface area contributed by atoms with Crippen LogP contribution in [0.3, 0.4) is 0 Å². The summed E-state index contributed by atoms with van der Waals surface area (Å²) >= 11 is 1.61. The van der Waals surface area contributed by atoms with E-state index < -0.39 is 0 Å². The van der Waals surface area contributed by atoms with Gasteiger partial charge < -0.3 is 10.3 Å². The van der Waals surface area contributed by atoms with Gasteiger partial charge in [0.05, 0.1) is 11.9 Å². The normalized spacial score (nSPS) is 10.8. The van der Waals surface area contributed by atoms with E-state index in [9.17, 15) is 0 Å². The predicted octanol–water partition coefficient (Wildman–Crippen LogP) is 2.01. The number of hydrogen-bond donors (Lipinski definition) is 1. The highest BCUT2D eigenvalue weighted by atomic mass is 32.1. The highest BCUT2D eigenvalue weighted by Crippen LogP contribution is 2.31. The molecule has 100 valence electrons. The van der Waals surface area contributed by atoms with E-state index in [1.807, 2.05) is 19.9 Å². The Morgan fingerprint density at radius 2 is 2.20 bits per heavy atom. The van der Waals surface area contributed by atoms with Crippen molar-refractivity contribution in [3.05, 3.63) is 34.5 Å². The van der Waals surface area contributed by atoms with Gasteiger partial charge in [0, 0.05) is 17.3 Å². The Morgan fingerprint density at radius 1 is 1.40 bits per heavy atom. The number of nitriles is 1. The SMILES string of the molecule is Cc1sc2nc(Cn3ccnc3C#N)nc(N)c2c1C. The predicted molar refractivity (Wildman–Crippen MR) is 77.3 cm³/mol. The number of nitrogen functional groups attached to an aromatic ring is 1. The van der Waals surface area contributed by atoms with E-state index in [4.69, 9.17) is 11.0 Å². The number of nitrogens with zero attached hydrogens (tertiary/aromatic N) is 5. The van der Waals surface area contributed by atoms with Crippen LogP contribution in [0.4, 0.5) is 5.82 Å². The summed E-state index contributed by atoms with van der Waals surface area (Å²) in [6.07, 6.45) is 3.31. The number of aryl methyl sites for hydroxylation is 2. The zero-order chi connectivity index (χ0) is 14.3. The maximum Gasteiger partial charge on any atom is 0.213 e. The molecule has 3 aromatic heterocycles. The Hall–Kier alpha value is -2.46. The molecule has 0 bridgehead atoms. The van der Waals surface area contributed by atoms with Crippen molar-refractivity contribution in [2.24, 2.45) is 0 Å². The summed E-state index contributed by atoms with van der Waals surface area (Å²) in [6.45, 7) is 4.46. The van der Waals surface area contributed by atoms with Crippen molar-refractivity contribution in [1.82, 2.24) is 19.5 Å². The molecule has 0 saturated carbocycles. The Bertz CT molecular complexity index is 839. The molecule has 20 heavy (non-hydrogen) atoms. The zero-order valence-corrected chi connectivity index (χ0v) is 11.9. The number of anilines is 1. The first-order chi connectivity index (χ1) is 9.60. The number of imidazole rings is 1. The van der Waals surface area contributed by atoms with Crippen LogP contribution >= 0.6 is 11.3 Å². The molecule has 0 amide bonds. The minimum Gasteiger partial charge on any atom is -0.383 e. The first-order valence-corrected chi connectivity index (χ1v) is 6.85. The standard InChI is InChI=1S/C13H12N6S/c1-7-8(2)20-13-11(7)12(15)17-9(18-13)6-19-4-3-16-10(19)5-14/h3-4H,6H2,1-2H3,(H2,15,17,18). The lowest BCUT2D eigenvalue weighted by Gasteiger charge is -2.04. The van der Waals surface area contributed by atoms with Gasteiger partial charge in [0.25, 0.3) is 0 Å². The molecule has 0 atom stereocenters. The van der Waals surface area contributed by atoms with Crippen molar-refractivity contribution in [3.8, 4) is 6.07 Å². The minimum absolute atomic E-state index is 0.339. The van der Waals surface area contributed by atoms with Gasteiger partial charge in [-0.1, -0.05) is 0 Å². The Balaban J connectivity index is 2.08. The van der Waals surface area contributed by atoms with Crippen LogP contribution in [-0.4, -0.2) is 19.5 Å². The van der Waals surface area contributed by atoms with Crippen LogP contribution in [0.2, 0.25) is 0 Å². The van der Waals surface area contributed by atoms with E-state index in [1.165, 1.54) is 4.88 Å². The number of nitrogens with two attached hydrogens (primary N) is 1. The second kappa shape index (κ2) is 4.58. The van der Waals surface area contributed by atoms with Gasteiger partial charge >= 0.3 is 0 Å². The summed E-state index contributed by atoms with van der Waals surface area (Å²) in [5.74, 6) is 1.42. The molecule has 6 nitrogen and oxygen atoms in total. The highest BCUT2D eigenvalue weighted by Gasteiger charge is 2.13. The molecule has 0 aliphatic carbocycles. The van der Waals surface area contributed by atoms with E-state index in [0.29, 0.717) is 24.0 Å². The van der Waals surface area contributed by atoms with Crippen molar-refractivity contribution in [3.63, 3.8) is 0 Å². The van der Waals surface area contributed by atoms with Crippen LogP contribution in [0, 0.1) is 25.2 Å². The summed E-state index contributed by atoms with van der Waals surface area (Å²) in [5.41, 5.74) is 7.17. The van der Waals surface area contributed by atoms with E-state index in [2.05, 4.69) is 15.0 Å². The number of fused-ring (bicyclic) bond motifs is 1. The molecular weight excluding hydrogens is 272 g/mol. The zero-order valence-electron chi connectivity index (χ0n) is 11.1. The van der Waals surface area contributed by atoms with Crippen LogP contribution in [-0.2, 0) is 6.54 Å². The van der Waals surface area contributed by atoms with E-state index >= 15 is 0 Å². The lowest BCUT2D eigenvalue weighted by atomic mass is 10.2. The summed E-state index contributed by atoms with van der Waals surface area (Å²) in [6, 6.07) is 2.03. The summed E-state index contributed by atoms with van der Waals surface area (Å²) in [4.78, 5) is 14.9. The van der Waals surface area contributed by atoms with Crippen molar-refractivity contribution < 1.29 is 0 Å². The number of thiophene rings is 1. The Kier molecular flexibility index (Phi) is 2.88. The number of hydrogen-bond acceptors (Lipinski definition) is 6. The fourth-order valence-corrected chi connectivity index (χ4v) is 3.16. The molecule has 0 unspecified atom stereocenters. The van der Waals surface area contributed by atoms with Crippen molar-refractivity contribution in [2.75, 3.05) is 5.73 Å². The minimum atomic E-state index is 0.339. The van der Waals surface area contributed by atoms with Gasteiger partial charge in [-0.15, -0.1) is 11.3 Å². The Morgan fingerprint density at radius 3 is 2.95 bits per heavy atom. The van der Waals surface area contributed by atoms with Gasteiger partial charge in [-0.25, -0.2) is 15.0 Å². The molecule has 0 aliphatic rings. The van der Waals surface area contributed by atoms with E-state index in [-0.39, 0.29) is 0 Å². The molecule has 0 saturated heterocycles. The van der Waals surface area contributed by atoms with Crippen LogP contribution in [0.15, 0.2) is 12.4 Å². The average molecular weight is 284 g/mol. The van der Waals surface area contributed by atoms with Crippen LogP contribution in [0.5, 0.6) is 0 Å².